The van der Waals surface area contributed by atoms with Gasteiger partial charge in [-0.1, -0.05) is 13.8 Å². The van der Waals surface area contributed by atoms with Crippen molar-refractivity contribution in [2.45, 2.75) is 39.3 Å². The Bertz CT molecular complexity index is 332. The van der Waals surface area contributed by atoms with Gasteiger partial charge in [0.15, 0.2) is 0 Å². The molecule has 17 heavy (non-hydrogen) atoms. The molecule has 0 spiro atoms. The zero-order valence-electron chi connectivity index (χ0n) is 11.7. The zero-order valence-corrected chi connectivity index (χ0v) is 11.7. The van der Waals surface area contributed by atoms with Crippen molar-refractivity contribution in [3.63, 3.8) is 0 Å². The Kier molecular flexibility index (Phi) is 5.15. The first kappa shape index (κ1) is 14.2. The molecule has 4 nitrogen and oxygen atoms in total. The molecule has 0 aliphatic rings. The summed E-state index contributed by atoms with van der Waals surface area (Å²) < 4.78 is 1.93. The molecule has 1 rings (SSSR count). The average molecular weight is 238 g/mol. The fourth-order valence-corrected chi connectivity index (χ4v) is 1.90. The highest BCUT2D eigenvalue weighted by molar-refractivity contribution is 5.05. The van der Waals surface area contributed by atoms with Gasteiger partial charge in [-0.25, -0.2) is 0 Å². The largest absolute Gasteiger partial charge is 0.327 e. The summed E-state index contributed by atoms with van der Waals surface area (Å²) in [7, 11) is 4.13. The Balaban J connectivity index is 2.48. The number of aryl methyl sites for hydroxylation is 1. The fourth-order valence-electron chi connectivity index (χ4n) is 1.90. The van der Waals surface area contributed by atoms with Crippen LogP contribution in [0, 0.1) is 5.92 Å². The van der Waals surface area contributed by atoms with E-state index in [0.717, 1.165) is 13.0 Å². The van der Waals surface area contributed by atoms with Crippen LogP contribution in [-0.4, -0.2) is 34.3 Å². The van der Waals surface area contributed by atoms with Crippen molar-refractivity contribution in [2.75, 3.05) is 13.6 Å². The van der Waals surface area contributed by atoms with E-state index in [1.165, 1.54) is 5.69 Å². The van der Waals surface area contributed by atoms with E-state index >= 15 is 0 Å². The number of nitrogens with zero attached hydrogens (tertiary/aromatic N) is 3. The molecule has 98 valence electrons. The van der Waals surface area contributed by atoms with Crippen LogP contribution in [0.5, 0.6) is 0 Å². The van der Waals surface area contributed by atoms with E-state index in [1.807, 2.05) is 17.9 Å². The van der Waals surface area contributed by atoms with E-state index in [1.54, 1.807) is 0 Å². The first-order valence-electron chi connectivity index (χ1n) is 6.37. The van der Waals surface area contributed by atoms with Gasteiger partial charge in [0.25, 0.3) is 0 Å². The highest BCUT2D eigenvalue weighted by Gasteiger charge is 2.16. The zero-order chi connectivity index (χ0) is 13.0. The molecule has 2 atom stereocenters. The number of hydrogen-bond acceptors (Lipinski definition) is 3. The molecule has 0 aromatic carbocycles. The summed E-state index contributed by atoms with van der Waals surface area (Å²) in [6.45, 7) is 7.58. The van der Waals surface area contributed by atoms with E-state index in [4.69, 9.17) is 5.73 Å². The second-order valence-electron chi connectivity index (χ2n) is 5.23. The topological polar surface area (TPSA) is 47.1 Å². The molecule has 2 N–H and O–H groups in total. The molecular weight excluding hydrogens is 212 g/mol. The first-order valence-corrected chi connectivity index (χ1v) is 6.37. The van der Waals surface area contributed by atoms with Crippen molar-refractivity contribution in [2.24, 2.45) is 18.7 Å². The van der Waals surface area contributed by atoms with E-state index in [2.05, 4.69) is 43.9 Å². The molecule has 0 aliphatic carbocycles. The lowest BCUT2D eigenvalue weighted by Crippen LogP contribution is -2.33. The first-order chi connectivity index (χ1) is 7.93. The average Bonchev–Trinajstić information content (AvgIpc) is 2.70. The quantitative estimate of drug-likeness (QED) is 0.822. The van der Waals surface area contributed by atoms with Gasteiger partial charge in [-0.2, -0.15) is 5.10 Å². The molecule has 1 heterocycles. The monoisotopic (exact) mass is 238 g/mol. The van der Waals surface area contributed by atoms with Crippen LogP contribution in [0.1, 0.15) is 38.9 Å². The molecule has 1 aromatic rings. The number of nitrogens with two attached hydrogens (primary N) is 1. The van der Waals surface area contributed by atoms with Crippen LogP contribution in [0.15, 0.2) is 12.3 Å². The van der Waals surface area contributed by atoms with E-state index in [0.29, 0.717) is 12.0 Å². The molecule has 0 bridgehead atoms. The summed E-state index contributed by atoms with van der Waals surface area (Å²) in [5.41, 5.74) is 7.31. The van der Waals surface area contributed by atoms with E-state index in [-0.39, 0.29) is 6.04 Å². The minimum atomic E-state index is 0.288. The third kappa shape index (κ3) is 3.82. The van der Waals surface area contributed by atoms with E-state index in [9.17, 15) is 0 Å². The second kappa shape index (κ2) is 6.17. The van der Waals surface area contributed by atoms with Crippen LogP contribution in [-0.2, 0) is 7.05 Å². The maximum Gasteiger partial charge on any atom is 0.0549 e. The standard InChI is InChI=1S/C13H26N4/c1-10(2)12(14)7-9-16(4)11(3)13-6-8-15-17(13)5/h6,8,10-12H,7,9,14H2,1-5H3. The molecule has 0 saturated heterocycles. The van der Waals surface area contributed by atoms with Gasteiger partial charge in [0.2, 0.25) is 0 Å². The van der Waals surface area contributed by atoms with Crippen LogP contribution < -0.4 is 5.73 Å². The summed E-state index contributed by atoms with van der Waals surface area (Å²) in [5, 5.41) is 4.21. The second-order valence-corrected chi connectivity index (χ2v) is 5.23. The van der Waals surface area contributed by atoms with Crippen molar-refractivity contribution >= 4 is 0 Å². The van der Waals surface area contributed by atoms with E-state index < -0.39 is 0 Å². The summed E-state index contributed by atoms with van der Waals surface area (Å²) >= 11 is 0. The lowest BCUT2D eigenvalue weighted by molar-refractivity contribution is 0.235. The number of aromatic nitrogens is 2. The van der Waals surface area contributed by atoms with Crippen LogP contribution in [0.2, 0.25) is 0 Å². The Morgan fingerprint density at radius 1 is 1.41 bits per heavy atom. The molecule has 2 unspecified atom stereocenters. The number of hydrogen-bond donors (Lipinski definition) is 1. The molecule has 0 radical (unpaired) electrons. The predicted octanol–water partition coefficient (Wildman–Crippen LogP) is 1.79. The van der Waals surface area contributed by atoms with Crippen LogP contribution in [0.25, 0.3) is 0 Å². The lowest BCUT2D eigenvalue weighted by Gasteiger charge is -2.26. The van der Waals surface area contributed by atoms with Crippen LogP contribution >= 0.6 is 0 Å². The van der Waals surface area contributed by atoms with Gasteiger partial charge < -0.3 is 5.73 Å². The third-order valence-electron chi connectivity index (χ3n) is 3.62. The lowest BCUT2D eigenvalue weighted by atomic mass is 10.0. The fraction of sp³-hybridized carbons (Fsp3) is 0.769. The van der Waals surface area contributed by atoms with Crippen molar-refractivity contribution in [3.05, 3.63) is 18.0 Å². The minimum absolute atomic E-state index is 0.288. The molecule has 0 fully saturated rings. The Labute approximate surface area is 105 Å². The maximum absolute atomic E-state index is 6.07. The SMILES string of the molecule is CC(C)C(N)CCN(C)C(C)c1ccnn1C. The van der Waals surface area contributed by atoms with Gasteiger partial charge in [-0.3, -0.25) is 9.58 Å². The molecule has 1 aromatic heterocycles. The van der Waals surface area contributed by atoms with Crippen molar-refractivity contribution in [3.8, 4) is 0 Å². The minimum Gasteiger partial charge on any atom is -0.327 e. The van der Waals surface area contributed by atoms with Gasteiger partial charge in [0.1, 0.15) is 0 Å². The highest BCUT2D eigenvalue weighted by Crippen LogP contribution is 2.18. The summed E-state index contributed by atoms with van der Waals surface area (Å²) in [5.74, 6) is 0.551. The van der Waals surface area contributed by atoms with Gasteiger partial charge in [0.05, 0.1) is 5.69 Å². The van der Waals surface area contributed by atoms with Gasteiger partial charge in [0, 0.05) is 25.3 Å². The van der Waals surface area contributed by atoms with Gasteiger partial charge >= 0.3 is 0 Å². The Morgan fingerprint density at radius 2 is 2.06 bits per heavy atom. The Morgan fingerprint density at radius 3 is 2.53 bits per heavy atom. The maximum atomic E-state index is 6.07. The smallest absolute Gasteiger partial charge is 0.0549 e. The summed E-state index contributed by atoms with van der Waals surface area (Å²) in [6, 6.07) is 2.74. The molecular formula is C13H26N4. The van der Waals surface area contributed by atoms with Crippen LogP contribution in [0.4, 0.5) is 0 Å². The summed E-state index contributed by atoms with van der Waals surface area (Å²) in [6.07, 6.45) is 2.88. The normalized spacial score (nSPS) is 15.5. The molecule has 4 heteroatoms. The van der Waals surface area contributed by atoms with Crippen molar-refractivity contribution in [1.29, 1.82) is 0 Å². The summed E-state index contributed by atoms with van der Waals surface area (Å²) in [4.78, 5) is 2.33. The molecule has 0 aliphatic heterocycles. The third-order valence-corrected chi connectivity index (χ3v) is 3.62. The molecule has 0 amide bonds. The van der Waals surface area contributed by atoms with Crippen molar-refractivity contribution < 1.29 is 0 Å². The van der Waals surface area contributed by atoms with Gasteiger partial charge in [-0.05, 0) is 38.9 Å². The van der Waals surface area contributed by atoms with Gasteiger partial charge in [-0.15, -0.1) is 0 Å². The van der Waals surface area contributed by atoms with Crippen LogP contribution in [0.3, 0.4) is 0 Å². The van der Waals surface area contributed by atoms with Crippen molar-refractivity contribution in [1.82, 2.24) is 14.7 Å². The Hall–Kier alpha value is -0.870. The highest BCUT2D eigenvalue weighted by atomic mass is 15.3. The number of rotatable bonds is 6. The predicted molar refractivity (Wildman–Crippen MR) is 71.7 cm³/mol. The molecule has 0 saturated carbocycles.